The number of fused-ring (bicyclic) bond motifs is 6. The van der Waals surface area contributed by atoms with Gasteiger partial charge >= 0.3 is 0 Å². The van der Waals surface area contributed by atoms with E-state index < -0.39 is 0 Å². The minimum absolute atomic E-state index is 0.0636. The van der Waals surface area contributed by atoms with Crippen molar-refractivity contribution in [3.05, 3.63) is 91.3 Å². The van der Waals surface area contributed by atoms with Crippen molar-refractivity contribution in [1.29, 1.82) is 0 Å². The van der Waals surface area contributed by atoms with Gasteiger partial charge in [0.25, 0.3) is 6.71 Å². The van der Waals surface area contributed by atoms with Crippen molar-refractivity contribution in [3.8, 4) is 28.7 Å². The number of rotatable bonds is 1. The molecule has 0 atom stereocenters. The van der Waals surface area contributed by atoms with Crippen molar-refractivity contribution in [2.75, 3.05) is 0 Å². The Labute approximate surface area is 180 Å². The van der Waals surface area contributed by atoms with Gasteiger partial charge in [-0.05, 0) is 29.1 Å². The van der Waals surface area contributed by atoms with Gasteiger partial charge in [-0.25, -0.2) is 0 Å². The van der Waals surface area contributed by atoms with Crippen LogP contribution in [0.4, 0.5) is 0 Å². The Kier molecular flexibility index (Phi) is 3.26. The Bertz CT molecular complexity index is 1500. The fraction of sp³-hybridized carbons (Fsp3) is 0.0385. The lowest BCUT2D eigenvalue weighted by molar-refractivity contribution is -0.649. The molecule has 5 aromatic rings. The van der Waals surface area contributed by atoms with Gasteiger partial charge in [0.2, 0.25) is 6.33 Å². The van der Waals surface area contributed by atoms with Gasteiger partial charge in [-0.1, -0.05) is 66.7 Å². The molecule has 0 N–H and O–H groups in total. The maximum atomic E-state index is 6.59. The molecule has 2 aliphatic rings. The van der Waals surface area contributed by atoms with Crippen molar-refractivity contribution in [1.82, 2.24) is 4.57 Å². The highest BCUT2D eigenvalue weighted by Gasteiger charge is 2.41. The van der Waals surface area contributed by atoms with Gasteiger partial charge in [0.1, 0.15) is 23.0 Å². The van der Waals surface area contributed by atoms with Gasteiger partial charge in [-0.3, -0.25) is 0 Å². The Hall–Kier alpha value is -3.99. The van der Waals surface area contributed by atoms with Crippen LogP contribution in [0, 0.1) is 6.33 Å². The summed E-state index contributed by atoms with van der Waals surface area (Å²) in [6.45, 7) is 0.0636. The molecule has 146 valence electrons. The molecule has 0 spiro atoms. The van der Waals surface area contributed by atoms with E-state index in [1.807, 2.05) is 54.1 Å². The molecule has 0 amide bonds. The highest BCUT2D eigenvalue weighted by atomic mass is 16.5. The SMILES string of the molecule is C[n+]1[c-]n(-c2ccccc2)c2c3c4c(cc21)Oc1ccccc1B4c1ccccc1O3. The number of para-hydroxylation sites is 3. The molecule has 0 saturated carbocycles. The van der Waals surface area contributed by atoms with E-state index in [2.05, 4.69) is 53.4 Å². The van der Waals surface area contributed by atoms with Crippen LogP contribution in [0.3, 0.4) is 0 Å². The van der Waals surface area contributed by atoms with E-state index in [4.69, 9.17) is 9.47 Å². The Morgan fingerprint density at radius 2 is 1.42 bits per heavy atom. The second kappa shape index (κ2) is 6.02. The molecule has 4 nitrogen and oxygen atoms in total. The van der Waals surface area contributed by atoms with Crippen molar-refractivity contribution < 1.29 is 14.0 Å². The summed E-state index contributed by atoms with van der Waals surface area (Å²) in [6, 6.07) is 29.0. The number of aryl methyl sites for hydroxylation is 1. The molecular weight excluding hydrogens is 383 g/mol. The van der Waals surface area contributed by atoms with Gasteiger partial charge in [0, 0.05) is 5.46 Å². The van der Waals surface area contributed by atoms with Crippen LogP contribution in [0.2, 0.25) is 0 Å². The summed E-state index contributed by atoms with van der Waals surface area (Å²) < 4.78 is 17.1. The van der Waals surface area contributed by atoms with Gasteiger partial charge < -0.3 is 18.6 Å². The third-order valence-corrected chi connectivity index (χ3v) is 6.27. The summed E-state index contributed by atoms with van der Waals surface area (Å²) in [5, 5.41) is 0. The summed E-state index contributed by atoms with van der Waals surface area (Å²) in [6.07, 6.45) is 3.45. The lowest BCUT2D eigenvalue weighted by Gasteiger charge is -2.33. The Balaban J connectivity index is 1.62. The summed E-state index contributed by atoms with van der Waals surface area (Å²) >= 11 is 0. The number of hydrogen-bond acceptors (Lipinski definition) is 2. The lowest BCUT2D eigenvalue weighted by atomic mass is 9.35. The zero-order valence-electron chi connectivity index (χ0n) is 16.9. The third kappa shape index (κ3) is 2.23. The highest BCUT2D eigenvalue weighted by molar-refractivity contribution is 6.98. The largest absolute Gasteiger partial charge is 0.464 e. The second-order valence-electron chi connectivity index (χ2n) is 8.03. The van der Waals surface area contributed by atoms with Crippen LogP contribution in [0.5, 0.6) is 23.0 Å². The number of nitrogens with zero attached hydrogens (tertiary/aromatic N) is 2. The smallest absolute Gasteiger partial charge is 0.259 e. The first kappa shape index (κ1) is 16.8. The van der Waals surface area contributed by atoms with Crippen molar-refractivity contribution in [2.24, 2.45) is 7.05 Å². The van der Waals surface area contributed by atoms with Gasteiger partial charge in [-0.2, -0.15) is 0 Å². The first-order chi connectivity index (χ1) is 15.3. The molecule has 0 bridgehead atoms. The molecule has 31 heavy (non-hydrogen) atoms. The highest BCUT2D eigenvalue weighted by Crippen LogP contribution is 2.39. The van der Waals surface area contributed by atoms with Gasteiger partial charge in [0.15, 0.2) is 0 Å². The number of benzene rings is 4. The van der Waals surface area contributed by atoms with Crippen LogP contribution in [-0.2, 0) is 7.05 Å². The van der Waals surface area contributed by atoms with E-state index in [1.54, 1.807) is 0 Å². The van der Waals surface area contributed by atoms with Crippen molar-refractivity contribution in [3.63, 3.8) is 0 Å². The monoisotopic (exact) mass is 400 g/mol. The van der Waals surface area contributed by atoms with Crippen LogP contribution in [-0.4, -0.2) is 11.3 Å². The lowest BCUT2D eigenvalue weighted by Crippen LogP contribution is -2.57. The van der Waals surface area contributed by atoms with Crippen LogP contribution in [0.25, 0.3) is 16.7 Å². The summed E-state index contributed by atoms with van der Waals surface area (Å²) in [5.41, 5.74) is 6.45. The minimum atomic E-state index is 0.0636. The topological polar surface area (TPSA) is 27.3 Å². The standard InChI is InChI=1S/C26H17BN2O2/c1-28-16-29(17-9-3-2-4-10-17)25-20(28)15-23-24-26(25)31-22-14-8-6-12-19(22)27(24)18-11-5-7-13-21(18)30-23/h2-15H,1H3. The normalized spacial score (nSPS) is 13.1. The zero-order valence-corrected chi connectivity index (χ0v) is 16.9. The third-order valence-electron chi connectivity index (χ3n) is 6.27. The van der Waals surface area contributed by atoms with E-state index >= 15 is 0 Å². The van der Waals surface area contributed by atoms with Crippen LogP contribution in [0.15, 0.2) is 84.9 Å². The molecule has 0 fully saturated rings. The second-order valence-corrected chi connectivity index (χ2v) is 8.03. The summed E-state index contributed by atoms with van der Waals surface area (Å²) in [7, 11) is 2.01. The predicted molar refractivity (Wildman–Crippen MR) is 121 cm³/mol. The molecule has 0 aliphatic carbocycles. The van der Waals surface area contributed by atoms with Crippen LogP contribution < -0.4 is 30.4 Å². The predicted octanol–water partition coefficient (Wildman–Crippen LogP) is 2.98. The number of imidazole rings is 1. The Morgan fingerprint density at radius 3 is 2.16 bits per heavy atom. The molecule has 7 rings (SSSR count). The van der Waals surface area contributed by atoms with Crippen molar-refractivity contribution in [2.45, 2.75) is 0 Å². The molecule has 0 saturated heterocycles. The molecule has 1 aromatic heterocycles. The van der Waals surface area contributed by atoms with E-state index in [9.17, 15) is 0 Å². The molecule has 0 unspecified atom stereocenters. The van der Waals surface area contributed by atoms with Crippen LogP contribution in [0.1, 0.15) is 0 Å². The summed E-state index contributed by atoms with van der Waals surface area (Å²) in [4.78, 5) is 0. The van der Waals surface area contributed by atoms with Crippen molar-refractivity contribution >= 4 is 34.1 Å². The quantitative estimate of drug-likeness (QED) is 0.241. The van der Waals surface area contributed by atoms with Gasteiger partial charge in [0.05, 0.1) is 23.8 Å². The summed E-state index contributed by atoms with van der Waals surface area (Å²) in [5.74, 6) is 3.47. The molecule has 5 heteroatoms. The average Bonchev–Trinajstić information content (AvgIpc) is 3.16. The maximum absolute atomic E-state index is 6.59. The van der Waals surface area contributed by atoms with E-state index in [1.165, 1.54) is 0 Å². The maximum Gasteiger partial charge on any atom is 0.259 e. The van der Waals surface area contributed by atoms with E-state index in [0.29, 0.717) is 0 Å². The molecule has 3 heterocycles. The van der Waals surface area contributed by atoms with E-state index in [-0.39, 0.29) is 6.71 Å². The fourth-order valence-electron chi connectivity index (χ4n) is 4.91. The first-order valence-electron chi connectivity index (χ1n) is 10.4. The fourth-order valence-corrected chi connectivity index (χ4v) is 4.91. The number of aromatic nitrogens is 2. The minimum Gasteiger partial charge on any atom is -0.464 e. The van der Waals surface area contributed by atoms with Crippen LogP contribution >= 0.6 is 0 Å². The number of hydrogen-bond donors (Lipinski definition) is 0. The molecular formula is C26H17BN2O2. The number of ether oxygens (including phenoxy) is 2. The van der Waals surface area contributed by atoms with Gasteiger partial charge in [-0.15, -0.1) is 0 Å². The molecule has 4 aromatic carbocycles. The first-order valence-corrected chi connectivity index (χ1v) is 10.4. The van der Waals surface area contributed by atoms with E-state index in [0.717, 1.165) is 56.1 Å². The zero-order chi connectivity index (χ0) is 20.5. The average molecular weight is 400 g/mol. The Morgan fingerprint density at radius 1 is 0.774 bits per heavy atom. The molecule has 2 aliphatic heterocycles. The molecule has 0 radical (unpaired) electrons.